The number of allylic oxidation sites excluding steroid dienone is 10. The van der Waals surface area contributed by atoms with E-state index in [1.807, 2.05) is 19.9 Å². The molecule has 1 unspecified atom stereocenters. The zero-order valence-corrected chi connectivity index (χ0v) is 39.1. The molecule has 0 saturated carbocycles. The fraction of sp³-hybridized carbons (Fsp3) is 0.278. The van der Waals surface area contributed by atoms with Crippen LogP contribution in [0.3, 0.4) is 0 Å². The SMILES string of the molecule is C=C/C=C(\C=C/C)c1cc2c3c(n(C4C=CC(c5ccc6c(c5)c5ccccc5n6-c5ccccc5)=CC4)c2cc1C(C)(C)C)CCC=C3.CC.CC(C)C.[CH3-].[Y]. The van der Waals surface area contributed by atoms with Gasteiger partial charge in [0.05, 0.1) is 17.1 Å². The maximum atomic E-state index is 4.03. The van der Waals surface area contributed by atoms with Gasteiger partial charge in [-0.25, -0.2) is 0 Å². The maximum Gasteiger partial charge on any atom is 0.0557 e. The smallest absolute Gasteiger partial charge is 0.0557 e. The fourth-order valence-corrected chi connectivity index (χ4v) is 8.10. The quantitative estimate of drug-likeness (QED) is 0.117. The van der Waals surface area contributed by atoms with Crippen molar-refractivity contribution in [2.75, 3.05) is 0 Å². The largest absolute Gasteiger partial charge is 0.358 e. The Labute approximate surface area is 369 Å². The van der Waals surface area contributed by atoms with Gasteiger partial charge in [0.2, 0.25) is 0 Å². The molecule has 0 N–H and O–H groups in total. The second-order valence-electron chi connectivity index (χ2n) is 16.2. The van der Waals surface area contributed by atoms with Crippen molar-refractivity contribution in [3.05, 3.63) is 175 Å². The van der Waals surface area contributed by atoms with Crippen LogP contribution in [0.1, 0.15) is 109 Å². The average Bonchev–Trinajstić information content (AvgIpc) is 3.70. The van der Waals surface area contributed by atoms with Crippen LogP contribution in [0.2, 0.25) is 0 Å². The Hall–Kier alpha value is -4.24. The molecule has 0 bridgehead atoms. The molecule has 0 amide bonds. The molecule has 57 heavy (non-hydrogen) atoms. The summed E-state index contributed by atoms with van der Waals surface area (Å²) in [6, 6.07) is 31.7. The minimum Gasteiger partial charge on any atom is -0.358 e. The van der Waals surface area contributed by atoms with Crippen molar-refractivity contribution < 1.29 is 32.7 Å². The van der Waals surface area contributed by atoms with Crippen LogP contribution in [-0.4, -0.2) is 9.13 Å². The first-order valence-electron chi connectivity index (χ1n) is 20.4. The van der Waals surface area contributed by atoms with E-state index in [0.29, 0.717) is 0 Å². The van der Waals surface area contributed by atoms with Crippen molar-refractivity contribution in [3.63, 3.8) is 0 Å². The van der Waals surface area contributed by atoms with E-state index in [0.717, 1.165) is 25.2 Å². The molecule has 8 rings (SSSR count). The Morgan fingerprint density at radius 3 is 2.16 bits per heavy atom. The summed E-state index contributed by atoms with van der Waals surface area (Å²) in [6.45, 7) is 23.6. The standard InChI is InChI=1S/C47H44N2.C4H10.C2H6.CH3.Y/c1-6-15-33(16-7-2)39-30-41-38-20-12-14-22-44(38)49(46(41)31-42(39)47(3,4)5)36-26-23-32(24-27-36)34-25-28-45-40(29-34)37-19-11-13-21-43(37)48(45)35-17-9-8-10-18-35;1-4(2)3;1-2;;/h6-13,15-21,23-26,28-31,36H,1,14,22,27H2,2-5H3;4H,1-3H3;1-2H3;1H3;/q;;;-1;/b16-7-,33-15+;;;;. The number of benzene rings is 4. The van der Waals surface area contributed by atoms with Gasteiger partial charge in [0.1, 0.15) is 0 Å². The van der Waals surface area contributed by atoms with Gasteiger partial charge < -0.3 is 16.6 Å². The van der Waals surface area contributed by atoms with Crippen LogP contribution in [0.5, 0.6) is 0 Å². The summed E-state index contributed by atoms with van der Waals surface area (Å²) < 4.78 is 5.04. The summed E-state index contributed by atoms with van der Waals surface area (Å²) >= 11 is 0. The van der Waals surface area contributed by atoms with Gasteiger partial charge in [-0.05, 0) is 108 Å². The van der Waals surface area contributed by atoms with Gasteiger partial charge in [-0.15, -0.1) is 0 Å². The van der Waals surface area contributed by atoms with Crippen molar-refractivity contribution in [2.45, 2.75) is 93.0 Å². The van der Waals surface area contributed by atoms with E-state index in [-0.39, 0.29) is 51.6 Å². The number of aromatic nitrogens is 2. The molecule has 2 nitrogen and oxygen atoms in total. The summed E-state index contributed by atoms with van der Waals surface area (Å²) in [7, 11) is 0. The molecule has 0 aliphatic heterocycles. The Kier molecular flexibility index (Phi) is 15.9. The van der Waals surface area contributed by atoms with E-state index >= 15 is 0 Å². The van der Waals surface area contributed by atoms with E-state index < -0.39 is 0 Å². The van der Waals surface area contributed by atoms with Gasteiger partial charge in [0, 0.05) is 71.3 Å². The first-order valence-corrected chi connectivity index (χ1v) is 20.4. The molecular formula is C54H63N2Y-. The number of fused-ring (bicyclic) bond motifs is 6. The van der Waals surface area contributed by atoms with E-state index in [1.165, 1.54) is 77.5 Å². The maximum absolute atomic E-state index is 4.03. The Bertz CT molecular complexity index is 2460. The summed E-state index contributed by atoms with van der Waals surface area (Å²) in [6.07, 6.45) is 23.5. The normalized spacial score (nSPS) is 15.0. The van der Waals surface area contributed by atoms with Gasteiger partial charge in [-0.1, -0.05) is 159 Å². The van der Waals surface area contributed by atoms with Crippen LogP contribution in [0.15, 0.2) is 140 Å². The topological polar surface area (TPSA) is 9.86 Å². The molecule has 1 radical (unpaired) electrons. The number of hydrogen-bond donors (Lipinski definition) is 0. The van der Waals surface area contributed by atoms with Gasteiger partial charge in [-0.2, -0.15) is 0 Å². The van der Waals surface area contributed by atoms with Gasteiger partial charge in [0.25, 0.3) is 0 Å². The Balaban J connectivity index is 0.000000849. The first kappa shape index (κ1) is 45.5. The third-order valence-electron chi connectivity index (χ3n) is 10.3. The molecule has 1 atom stereocenters. The van der Waals surface area contributed by atoms with Gasteiger partial charge in [-0.3, -0.25) is 0 Å². The van der Waals surface area contributed by atoms with Crippen LogP contribution < -0.4 is 0 Å². The minimum absolute atomic E-state index is 0. The molecule has 2 aromatic heterocycles. The van der Waals surface area contributed by atoms with Crippen LogP contribution in [-0.2, 0) is 44.5 Å². The molecule has 0 fully saturated rings. The Morgan fingerprint density at radius 2 is 1.51 bits per heavy atom. The van der Waals surface area contributed by atoms with Crippen molar-refractivity contribution in [2.24, 2.45) is 5.92 Å². The van der Waals surface area contributed by atoms with E-state index in [4.69, 9.17) is 0 Å². The predicted octanol–water partition coefficient (Wildman–Crippen LogP) is 15.9. The predicted molar refractivity (Wildman–Crippen MR) is 251 cm³/mol. The van der Waals surface area contributed by atoms with Crippen LogP contribution >= 0.6 is 0 Å². The second-order valence-corrected chi connectivity index (χ2v) is 16.2. The fourth-order valence-electron chi connectivity index (χ4n) is 8.10. The molecule has 2 aliphatic rings. The number of hydrogen-bond acceptors (Lipinski definition) is 0. The Morgan fingerprint density at radius 1 is 0.825 bits per heavy atom. The third kappa shape index (κ3) is 9.40. The van der Waals surface area contributed by atoms with Crippen LogP contribution in [0.4, 0.5) is 0 Å². The first-order chi connectivity index (χ1) is 26.6. The van der Waals surface area contributed by atoms with Crippen LogP contribution in [0.25, 0.3) is 55.6 Å². The molecule has 3 heteroatoms. The van der Waals surface area contributed by atoms with E-state index in [9.17, 15) is 0 Å². The zero-order valence-electron chi connectivity index (χ0n) is 36.2. The zero-order chi connectivity index (χ0) is 39.3. The molecule has 6 aromatic rings. The molecule has 2 aliphatic carbocycles. The van der Waals surface area contributed by atoms with Crippen molar-refractivity contribution in [1.29, 1.82) is 0 Å². The van der Waals surface area contributed by atoms with E-state index in [2.05, 4.69) is 198 Å². The monoisotopic (exact) mass is 828 g/mol. The van der Waals surface area contributed by atoms with Crippen molar-refractivity contribution in [3.8, 4) is 5.69 Å². The summed E-state index contributed by atoms with van der Waals surface area (Å²) in [4.78, 5) is 0. The van der Waals surface area contributed by atoms with Gasteiger partial charge in [0.15, 0.2) is 0 Å². The molecule has 0 spiro atoms. The second kappa shape index (κ2) is 20.0. The average molecular weight is 829 g/mol. The molecular weight excluding hydrogens is 766 g/mol. The van der Waals surface area contributed by atoms with Crippen LogP contribution in [0, 0.1) is 13.3 Å². The number of para-hydroxylation sites is 2. The van der Waals surface area contributed by atoms with Crippen molar-refractivity contribution in [1.82, 2.24) is 9.13 Å². The molecule has 2 heterocycles. The molecule has 0 saturated heterocycles. The number of nitrogens with zero attached hydrogens (tertiary/aromatic N) is 2. The summed E-state index contributed by atoms with van der Waals surface area (Å²) in [5, 5.41) is 3.92. The minimum atomic E-state index is -0.0193. The van der Waals surface area contributed by atoms with Crippen molar-refractivity contribution >= 4 is 49.9 Å². The summed E-state index contributed by atoms with van der Waals surface area (Å²) in [5.74, 6) is 0.833. The third-order valence-corrected chi connectivity index (χ3v) is 10.3. The molecule has 293 valence electrons. The van der Waals surface area contributed by atoms with Gasteiger partial charge >= 0.3 is 0 Å². The number of rotatable bonds is 6. The van der Waals surface area contributed by atoms with E-state index in [1.54, 1.807) is 0 Å². The summed E-state index contributed by atoms with van der Waals surface area (Å²) in [5.41, 5.74) is 14.3. The molecule has 4 aromatic carbocycles.